The van der Waals surface area contributed by atoms with E-state index in [9.17, 15) is 13.2 Å². The summed E-state index contributed by atoms with van der Waals surface area (Å²) in [7, 11) is -0.814. The van der Waals surface area contributed by atoms with E-state index in [0.717, 1.165) is 11.1 Å². The van der Waals surface area contributed by atoms with Gasteiger partial charge in [0, 0.05) is 17.2 Å². The number of hydrogen-bond donors (Lipinski definition) is 2. The number of benzene rings is 3. The van der Waals surface area contributed by atoms with Crippen molar-refractivity contribution < 1.29 is 22.7 Å². The molecule has 2 N–H and O–H groups in total. The molecule has 0 radical (unpaired) electrons. The number of nitrogens with zero attached hydrogens (tertiary/aromatic N) is 1. The van der Waals surface area contributed by atoms with Crippen molar-refractivity contribution in [2.45, 2.75) is 18.7 Å². The number of hydrazone groups is 1. The van der Waals surface area contributed by atoms with E-state index in [1.807, 2.05) is 26.0 Å². The predicted molar refractivity (Wildman–Crippen MR) is 128 cm³/mol. The van der Waals surface area contributed by atoms with Gasteiger partial charge in [-0.2, -0.15) is 5.10 Å². The summed E-state index contributed by atoms with van der Waals surface area (Å²) in [5, 5.41) is 3.95. The molecule has 0 atom stereocenters. The normalized spacial score (nSPS) is 11.3. The lowest BCUT2D eigenvalue weighted by Crippen LogP contribution is -2.19. The highest BCUT2D eigenvalue weighted by molar-refractivity contribution is 7.92. The Labute approximate surface area is 193 Å². The molecule has 0 saturated heterocycles. The van der Waals surface area contributed by atoms with Gasteiger partial charge in [0.15, 0.2) is 0 Å². The van der Waals surface area contributed by atoms with Gasteiger partial charge in [0.25, 0.3) is 15.9 Å². The van der Waals surface area contributed by atoms with Gasteiger partial charge >= 0.3 is 0 Å². The monoisotopic (exact) mass is 467 g/mol. The first-order chi connectivity index (χ1) is 15.7. The molecule has 9 heteroatoms. The van der Waals surface area contributed by atoms with Gasteiger partial charge in [-0.25, -0.2) is 13.8 Å². The second-order valence-electron chi connectivity index (χ2n) is 7.26. The minimum Gasteiger partial charge on any atom is -0.497 e. The largest absolute Gasteiger partial charge is 0.497 e. The SMILES string of the molecule is COc1ccc(/C=N/NC(=O)c2cccc(S(=O)(=O)Nc3ccc(C)cc3C)c2)c(OC)c1. The summed E-state index contributed by atoms with van der Waals surface area (Å²) in [6, 6.07) is 16.3. The molecule has 0 aliphatic heterocycles. The van der Waals surface area contributed by atoms with E-state index >= 15 is 0 Å². The number of nitrogens with one attached hydrogen (secondary N) is 2. The van der Waals surface area contributed by atoms with E-state index in [4.69, 9.17) is 9.47 Å². The van der Waals surface area contributed by atoms with E-state index in [2.05, 4.69) is 15.2 Å². The van der Waals surface area contributed by atoms with Crippen LogP contribution >= 0.6 is 0 Å². The van der Waals surface area contributed by atoms with E-state index in [1.54, 1.807) is 31.4 Å². The molecular formula is C24H25N3O5S. The van der Waals surface area contributed by atoms with Crippen molar-refractivity contribution in [1.82, 2.24) is 5.43 Å². The highest BCUT2D eigenvalue weighted by Crippen LogP contribution is 2.23. The number of ether oxygens (including phenoxy) is 2. The second kappa shape index (κ2) is 10.2. The zero-order valence-electron chi connectivity index (χ0n) is 18.7. The maximum atomic E-state index is 12.8. The number of carbonyl (C=O) groups is 1. The molecule has 0 aliphatic rings. The van der Waals surface area contributed by atoms with Crippen LogP contribution in [0.1, 0.15) is 27.0 Å². The van der Waals surface area contributed by atoms with Crippen molar-refractivity contribution in [2.24, 2.45) is 5.10 Å². The van der Waals surface area contributed by atoms with Crippen LogP contribution in [0.3, 0.4) is 0 Å². The number of sulfonamides is 1. The van der Waals surface area contributed by atoms with Crippen molar-refractivity contribution >= 4 is 27.8 Å². The van der Waals surface area contributed by atoms with Crippen molar-refractivity contribution in [3.8, 4) is 11.5 Å². The van der Waals surface area contributed by atoms with Gasteiger partial charge in [-0.3, -0.25) is 9.52 Å². The molecule has 0 saturated carbocycles. The first kappa shape index (κ1) is 23.8. The summed E-state index contributed by atoms with van der Waals surface area (Å²) in [5.74, 6) is 0.598. The fourth-order valence-corrected chi connectivity index (χ4v) is 4.26. The number of amides is 1. The topological polar surface area (TPSA) is 106 Å². The van der Waals surface area contributed by atoms with Gasteiger partial charge in [0.05, 0.1) is 31.0 Å². The summed E-state index contributed by atoms with van der Waals surface area (Å²) in [6.07, 6.45) is 1.43. The Balaban J connectivity index is 1.75. The number of methoxy groups -OCH3 is 2. The van der Waals surface area contributed by atoms with Crippen LogP contribution in [0, 0.1) is 13.8 Å². The molecule has 0 fully saturated rings. The quantitative estimate of drug-likeness (QED) is 0.386. The maximum absolute atomic E-state index is 12.8. The molecule has 0 spiro atoms. The Kier molecular flexibility index (Phi) is 7.34. The third-order valence-corrected chi connectivity index (χ3v) is 6.21. The number of rotatable bonds is 8. The Morgan fingerprint density at radius 2 is 1.76 bits per heavy atom. The first-order valence-electron chi connectivity index (χ1n) is 9.99. The number of anilines is 1. The lowest BCUT2D eigenvalue weighted by atomic mass is 10.1. The summed E-state index contributed by atoms with van der Waals surface area (Å²) in [5.41, 5.74) is 5.49. The van der Waals surface area contributed by atoms with Gasteiger partial charge in [-0.15, -0.1) is 0 Å². The van der Waals surface area contributed by atoms with Crippen LogP contribution in [0.2, 0.25) is 0 Å². The average molecular weight is 468 g/mol. The van der Waals surface area contributed by atoms with Crippen molar-refractivity contribution in [3.63, 3.8) is 0 Å². The zero-order chi connectivity index (χ0) is 24.0. The minimum absolute atomic E-state index is 0.0315. The minimum atomic E-state index is -3.88. The molecule has 0 heterocycles. The van der Waals surface area contributed by atoms with Crippen LogP contribution in [0.5, 0.6) is 11.5 Å². The molecular weight excluding hydrogens is 442 g/mol. The fraction of sp³-hybridized carbons (Fsp3) is 0.167. The molecule has 0 aromatic heterocycles. The van der Waals surface area contributed by atoms with E-state index < -0.39 is 15.9 Å². The third kappa shape index (κ3) is 5.89. The van der Waals surface area contributed by atoms with Gasteiger partial charge in [0.2, 0.25) is 0 Å². The van der Waals surface area contributed by atoms with Crippen LogP contribution in [0.25, 0.3) is 0 Å². The van der Waals surface area contributed by atoms with E-state index in [0.29, 0.717) is 22.7 Å². The van der Waals surface area contributed by atoms with Crippen LogP contribution in [-0.4, -0.2) is 34.8 Å². The second-order valence-corrected chi connectivity index (χ2v) is 8.94. The highest BCUT2D eigenvalue weighted by atomic mass is 32.2. The van der Waals surface area contributed by atoms with E-state index in [1.165, 1.54) is 37.6 Å². The van der Waals surface area contributed by atoms with Crippen LogP contribution < -0.4 is 19.6 Å². The summed E-state index contributed by atoms with van der Waals surface area (Å²) < 4.78 is 38.7. The van der Waals surface area contributed by atoms with Crippen LogP contribution in [0.4, 0.5) is 5.69 Å². The van der Waals surface area contributed by atoms with Crippen molar-refractivity contribution in [3.05, 3.63) is 82.9 Å². The molecule has 0 unspecified atom stereocenters. The molecule has 0 bridgehead atoms. The maximum Gasteiger partial charge on any atom is 0.271 e. The lowest BCUT2D eigenvalue weighted by Gasteiger charge is -2.12. The van der Waals surface area contributed by atoms with Gasteiger partial charge in [0.1, 0.15) is 11.5 Å². The Hall–Kier alpha value is -3.85. The average Bonchev–Trinajstić information content (AvgIpc) is 2.81. The van der Waals surface area contributed by atoms with Crippen LogP contribution in [-0.2, 0) is 10.0 Å². The zero-order valence-corrected chi connectivity index (χ0v) is 19.6. The molecule has 172 valence electrons. The number of carbonyl (C=O) groups excluding carboxylic acids is 1. The molecule has 33 heavy (non-hydrogen) atoms. The summed E-state index contributed by atoms with van der Waals surface area (Å²) >= 11 is 0. The molecule has 3 aromatic rings. The third-order valence-electron chi connectivity index (χ3n) is 4.84. The predicted octanol–water partition coefficient (Wildman–Crippen LogP) is 3.89. The molecule has 8 nitrogen and oxygen atoms in total. The standard InChI is InChI=1S/C24H25N3O5S/c1-16-8-11-22(17(2)12-16)27-33(29,30)21-7-5-6-18(13-21)24(28)26-25-15-19-9-10-20(31-3)14-23(19)32-4/h5-15,27H,1-4H3,(H,26,28)/b25-15+. The smallest absolute Gasteiger partial charge is 0.271 e. The van der Waals surface area contributed by atoms with Crippen LogP contribution in [0.15, 0.2) is 70.7 Å². The summed E-state index contributed by atoms with van der Waals surface area (Å²) in [4.78, 5) is 12.5. The molecule has 3 rings (SSSR count). The van der Waals surface area contributed by atoms with Gasteiger partial charge in [-0.05, 0) is 55.8 Å². The lowest BCUT2D eigenvalue weighted by molar-refractivity contribution is 0.0955. The number of aryl methyl sites for hydroxylation is 2. The fourth-order valence-electron chi connectivity index (χ4n) is 3.09. The van der Waals surface area contributed by atoms with Crippen molar-refractivity contribution in [2.75, 3.05) is 18.9 Å². The van der Waals surface area contributed by atoms with Gasteiger partial charge < -0.3 is 9.47 Å². The molecule has 1 amide bonds. The first-order valence-corrected chi connectivity index (χ1v) is 11.5. The Morgan fingerprint density at radius 3 is 2.45 bits per heavy atom. The Bertz CT molecular complexity index is 1300. The highest BCUT2D eigenvalue weighted by Gasteiger charge is 2.17. The molecule has 0 aliphatic carbocycles. The molecule has 3 aromatic carbocycles. The number of hydrogen-bond acceptors (Lipinski definition) is 6. The van der Waals surface area contributed by atoms with Gasteiger partial charge in [-0.1, -0.05) is 23.8 Å². The van der Waals surface area contributed by atoms with E-state index in [-0.39, 0.29) is 10.5 Å². The summed E-state index contributed by atoms with van der Waals surface area (Å²) in [6.45, 7) is 3.76. The van der Waals surface area contributed by atoms with Crippen molar-refractivity contribution in [1.29, 1.82) is 0 Å². The Morgan fingerprint density at radius 1 is 0.970 bits per heavy atom.